The summed E-state index contributed by atoms with van der Waals surface area (Å²) in [6.45, 7) is 0. The minimum Gasteiger partial charge on any atom is -0.460 e. The van der Waals surface area contributed by atoms with Crippen molar-refractivity contribution in [3.63, 3.8) is 0 Å². The van der Waals surface area contributed by atoms with Crippen molar-refractivity contribution in [1.29, 1.82) is 0 Å². The van der Waals surface area contributed by atoms with Crippen molar-refractivity contribution in [1.82, 2.24) is 0 Å². The number of nitrogens with two attached hydrogens (primary N) is 1. The minimum atomic E-state index is -0.0683. The van der Waals surface area contributed by atoms with Gasteiger partial charge in [-0.3, -0.25) is 4.79 Å². The molecule has 2 unspecified atom stereocenters. The molecule has 1 fully saturated rings. The highest BCUT2D eigenvalue weighted by molar-refractivity contribution is 9.10. The average Bonchev–Trinajstić information content (AvgIpc) is 2.64. The third-order valence-electron chi connectivity index (χ3n) is 3.00. The number of Topliss-reactive ketones (excluding diaryl/α,β-unsaturated/α-hetero) is 1. The standard InChI is InChI=1S/C11H14BrNO2/c12-8-5-6-15-11(8)10(14)7-3-1-2-4-9(7)13/h5-7,9H,1-4,13H2. The molecule has 1 aromatic heterocycles. The molecule has 0 bridgehead atoms. The van der Waals surface area contributed by atoms with Crippen LogP contribution in [0.1, 0.15) is 36.2 Å². The fourth-order valence-corrected chi connectivity index (χ4v) is 2.52. The molecule has 1 aliphatic carbocycles. The Labute approximate surface area is 97.1 Å². The van der Waals surface area contributed by atoms with Crippen LogP contribution in [0.25, 0.3) is 0 Å². The third kappa shape index (κ3) is 2.16. The fraction of sp³-hybridized carbons (Fsp3) is 0.545. The Bertz CT molecular complexity index is 361. The molecule has 3 nitrogen and oxygen atoms in total. The predicted octanol–water partition coefficient (Wildman–Crippen LogP) is 2.74. The van der Waals surface area contributed by atoms with Crippen molar-refractivity contribution in [2.75, 3.05) is 0 Å². The largest absolute Gasteiger partial charge is 0.460 e. The molecule has 0 aromatic carbocycles. The topological polar surface area (TPSA) is 56.2 Å². The lowest BCUT2D eigenvalue weighted by Gasteiger charge is -2.26. The molecular formula is C11H14BrNO2. The predicted molar refractivity (Wildman–Crippen MR) is 60.7 cm³/mol. The molecule has 2 atom stereocenters. The van der Waals surface area contributed by atoms with E-state index in [0.29, 0.717) is 5.76 Å². The van der Waals surface area contributed by atoms with Gasteiger partial charge in [-0.15, -0.1) is 0 Å². The van der Waals surface area contributed by atoms with Crippen molar-refractivity contribution in [2.24, 2.45) is 11.7 Å². The van der Waals surface area contributed by atoms with E-state index >= 15 is 0 Å². The summed E-state index contributed by atoms with van der Waals surface area (Å²) in [7, 11) is 0. The summed E-state index contributed by atoms with van der Waals surface area (Å²) in [5.41, 5.74) is 5.96. The van der Waals surface area contributed by atoms with E-state index < -0.39 is 0 Å². The van der Waals surface area contributed by atoms with E-state index in [9.17, 15) is 4.79 Å². The summed E-state index contributed by atoms with van der Waals surface area (Å²) in [4.78, 5) is 12.1. The van der Waals surface area contributed by atoms with Gasteiger partial charge in [-0.1, -0.05) is 12.8 Å². The minimum absolute atomic E-state index is 0.0109. The van der Waals surface area contributed by atoms with Crippen LogP contribution in [-0.2, 0) is 0 Å². The molecule has 0 amide bonds. The van der Waals surface area contributed by atoms with Gasteiger partial charge in [-0.05, 0) is 34.8 Å². The number of hydrogen-bond donors (Lipinski definition) is 1. The summed E-state index contributed by atoms with van der Waals surface area (Å²) in [6.07, 6.45) is 5.56. The molecule has 15 heavy (non-hydrogen) atoms. The number of halogens is 1. The number of furan rings is 1. The van der Waals surface area contributed by atoms with E-state index in [2.05, 4.69) is 15.9 Å². The first-order valence-corrected chi connectivity index (χ1v) is 6.02. The van der Waals surface area contributed by atoms with Gasteiger partial charge < -0.3 is 10.2 Å². The number of carbonyl (C=O) groups is 1. The first-order valence-electron chi connectivity index (χ1n) is 5.23. The first-order chi connectivity index (χ1) is 7.20. The molecule has 1 aromatic rings. The van der Waals surface area contributed by atoms with Gasteiger partial charge in [-0.25, -0.2) is 0 Å². The van der Waals surface area contributed by atoms with Crippen LogP contribution >= 0.6 is 15.9 Å². The van der Waals surface area contributed by atoms with Gasteiger partial charge in [0.05, 0.1) is 10.7 Å². The smallest absolute Gasteiger partial charge is 0.203 e. The zero-order valence-corrected chi connectivity index (χ0v) is 10.00. The van der Waals surface area contributed by atoms with Gasteiger partial charge in [0.2, 0.25) is 5.78 Å². The zero-order chi connectivity index (χ0) is 10.8. The monoisotopic (exact) mass is 271 g/mol. The summed E-state index contributed by atoms with van der Waals surface area (Å²) < 4.78 is 5.90. The molecule has 0 aliphatic heterocycles. The van der Waals surface area contributed by atoms with Crippen molar-refractivity contribution < 1.29 is 9.21 Å². The van der Waals surface area contributed by atoms with Gasteiger partial charge in [-0.2, -0.15) is 0 Å². The second kappa shape index (κ2) is 4.49. The Morgan fingerprint density at radius 1 is 1.47 bits per heavy atom. The van der Waals surface area contributed by atoms with E-state index in [1.165, 1.54) is 6.26 Å². The SMILES string of the molecule is NC1CCCCC1C(=O)c1occc1Br. The van der Waals surface area contributed by atoms with Crippen LogP contribution in [0.5, 0.6) is 0 Å². The number of ketones is 1. The molecule has 1 saturated carbocycles. The first kappa shape index (κ1) is 10.9. The number of rotatable bonds is 2. The van der Waals surface area contributed by atoms with Gasteiger partial charge in [0.25, 0.3) is 0 Å². The van der Waals surface area contributed by atoms with Crippen LogP contribution in [0.4, 0.5) is 0 Å². The highest BCUT2D eigenvalue weighted by Crippen LogP contribution is 2.29. The molecule has 0 saturated heterocycles. The fourth-order valence-electron chi connectivity index (χ4n) is 2.12. The van der Waals surface area contributed by atoms with Crippen LogP contribution in [0.3, 0.4) is 0 Å². The Hall–Kier alpha value is -0.610. The summed E-state index contributed by atoms with van der Waals surface area (Å²) in [5, 5.41) is 0. The van der Waals surface area contributed by atoms with E-state index in [1.807, 2.05) is 0 Å². The molecule has 2 rings (SSSR count). The maximum atomic E-state index is 12.1. The quantitative estimate of drug-likeness (QED) is 0.842. The summed E-state index contributed by atoms with van der Waals surface area (Å²) >= 11 is 3.30. The van der Waals surface area contributed by atoms with Crippen LogP contribution in [0.2, 0.25) is 0 Å². The Balaban J connectivity index is 2.17. The van der Waals surface area contributed by atoms with Gasteiger partial charge in [0.1, 0.15) is 0 Å². The van der Waals surface area contributed by atoms with Gasteiger partial charge in [0.15, 0.2) is 5.76 Å². The van der Waals surface area contributed by atoms with E-state index in [0.717, 1.165) is 30.2 Å². The lowest BCUT2D eigenvalue weighted by atomic mass is 9.82. The van der Waals surface area contributed by atoms with E-state index in [-0.39, 0.29) is 17.7 Å². The van der Waals surface area contributed by atoms with Crippen molar-refractivity contribution in [2.45, 2.75) is 31.7 Å². The lowest BCUT2D eigenvalue weighted by Crippen LogP contribution is -2.38. The van der Waals surface area contributed by atoms with Gasteiger partial charge in [0, 0.05) is 12.0 Å². The van der Waals surface area contributed by atoms with Crippen LogP contribution < -0.4 is 5.73 Å². The Morgan fingerprint density at radius 3 is 2.80 bits per heavy atom. The molecule has 1 heterocycles. The van der Waals surface area contributed by atoms with Crippen LogP contribution in [0.15, 0.2) is 21.2 Å². The lowest BCUT2D eigenvalue weighted by molar-refractivity contribution is 0.0841. The van der Waals surface area contributed by atoms with Gasteiger partial charge >= 0.3 is 0 Å². The molecule has 0 spiro atoms. The summed E-state index contributed by atoms with van der Waals surface area (Å²) in [5.74, 6) is 0.387. The number of carbonyl (C=O) groups excluding carboxylic acids is 1. The highest BCUT2D eigenvalue weighted by Gasteiger charge is 2.31. The van der Waals surface area contributed by atoms with Crippen molar-refractivity contribution in [3.8, 4) is 0 Å². The molecule has 4 heteroatoms. The average molecular weight is 272 g/mol. The van der Waals surface area contributed by atoms with Crippen LogP contribution in [-0.4, -0.2) is 11.8 Å². The van der Waals surface area contributed by atoms with E-state index in [1.54, 1.807) is 6.07 Å². The van der Waals surface area contributed by atoms with Crippen molar-refractivity contribution in [3.05, 3.63) is 22.6 Å². The molecular weight excluding hydrogens is 258 g/mol. The molecule has 2 N–H and O–H groups in total. The van der Waals surface area contributed by atoms with Crippen LogP contribution in [0, 0.1) is 5.92 Å². The molecule has 0 radical (unpaired) electrons. The normalized spacial score (nSPS) is 26.5. The van der Waals surface area contributed by atoms with E-state index in [4.69, 9.17) is 10.2 Å². The van der Waals surface area contributed by atoms with Crippen molar-refractivity contribution >= 4 is 21.7 Å². The second-order valence-electron chi connectivity index (χ2n) is 4.02. The maximum Gasteiger partial charge on any atom is 0.203 e. The second-order valence-corrected chi connectivity index (χ2v) is 4.87. The Kier molecular flexibility index (Phi) is 3.26. The third-order valence-corrected chi connectivity index (χ3v) is 3.62. The molecule has 1 aliphatic rings. The highest BCUT2D eigenvalue weighted by atomic mass is 79.9. The molecule has 82 valence electrons. The number of hydrogen-bond acceptors (Lipinski definition) is 3. The Morgan fingerprint density at radius 2 is 2.20 bits per heavy atom. The summed E-state index contributed by atoms with van der Waals surface area (Å²) in [6, 6.07) is 1.73. The zero-order valence-electron chi connectivity index (χ0n) is 8.41. The maximum absolute atomic E-state index is 12.1.